The average molecular weight is 511 g/mol. The minimum Gasteiger partial charge on any atom is -0.494 e. The monoisotopic (exact) mass is 510 g/mol. The third kappa shape index (κ3) is 4.51. The lowest BCUT2D eigenvalue weighted by Crippen LogP contribution is -2.29. The number of ether oxygens (including phenoxy) is 1. The van der Waals surface area contributed by atoms with Gasteiger partial charge in [0.2, 0.25) is 0 Å². The van der Waals surface area contributed by atoms with E-state index in [1.165, 1.54) is 39.3 Å². The molecule has 2 atom stereocenters. The van der Waals surface area contributed by atoms with E-state index in [9.17, 15) is 0 Å². The molecule has 5 rings (SSSR count). The molecule has 1 aliphatic rings. The SMILES string of the molecule is CCOc1ccc(N2C(=S)N[C@@H](c3ccccn3)[C@@H]2c2cc(C)n(-c3c(C)cc(C)cc3C)c2C)cc1. The number of hydrogen-bond acceptors (Lipinski definition) is 3. The zero-order valence-electron chi connectivity index (χ0n) is 22.4. The quantitative estimate of drug-likeness (QED) is 0.283. The van der Waals surface area contributed by atoms with E-state index in [4.69, 9.17) is 21.9 Å². The van der Waals surface area contributed by atoms with Crippen LogP contribution in [-0.4, -0.2) is 21.3 Å². The Balaban J connectivity index is 1.67. The molecule has 2 aromatic carbocycles. The molecule has 1 N–H and O–H groups in total. The largest absolute Gasteiger partial charge is 0.494 e. The Labute approximate surface area is 225 Å². The first kappa shape index (κ1) is 25.0. The van der Waals surface area contributed by atoms with Gasteiger partial charge in [0, 0.05) is 23.3 Å². The van der Waals surface area contributed by atoms with Crippen molar-refractivity contribution in [3.05, 3.63) is 106 Å². The highest BCUT2D eigenvalue weighted by Crippen LogP contribution is 2.44. The van der Waals surface area contributed by atoms with Crippen molar-refractivity contribution in [2.24, 2.45) is 0 Å². The van der Waals surface area contributed by atoms with E-state index in [0.29, 0.717) is 11.7 Å². The molecule has 1 fully saturated rings. The second-order valence-electron chi connectivity index (χ2n) is 9.83. The van der Waals surface area contributed by atoms with Crippen molar-refractivity contribution in [1.82, 2.24) is 14.9 Å². The summed E-state index contributed by atoms with van der Waals surface area (Å²) in [5.41, 5.74) is 10.7. The zero-order valence-corrected chi connectivity index (χ0v) is 23.2. The Morgan fingerprint density at radius 3 is 2.27 bits per heavy atom. The third-order valence-corrected chi connectivity index (χ3v) is 7.49. The molecular formula is C31H34N4OS. The smallest absolute Gasteiger partial charge is 0.174 e. The number of anilines is 1. The molecule has 0 bridgehead atoms. The molecule has 0 spiro atoms. The van der Waals surface area contributed by atoms with Crippen LogP contribution in [0.5, 0.6) is 5.75 Å². The summed E-state index contributed by atoms with van der Waals surface area (Å²) >= 11 is 5.94. The second-order valence-corrected chi connectivity index (χ2v) is 10.2. The standard InChI is InChI=1S/C31H34N4OS/c1-7-36-25-13-11-24(12-14-25)35-30(28(33-31(35)37)27-10-8-9-15-32-27)26-18-22(5)34(23(26)6)29-20(3)16-19(2)17-21(29)4/h8-18,28,30H,7H2,1-6H3,(H,33,37)/t28-,30-/m0/s1. The lowest BCUT2D eigenvalue weighted by molar-refractivity contribution is 0.340. The van der Waals surface area contributed by atoms with Gasteiger partial charge in [0.25, 0.3) is 0 Å². The fourth-order valence-electron chi connectivity index (χ4n) is 5.77. The molecule has 0 amide bonds. The fraction of sp³-hybridized carbons (Fsp3) is 0.290. The van der Waals surface area contributed by atoms with Gasteiger partial charge in [-0.15, -0.1) is 0 Å². The van der Waals surface area contributed by atoms with Crippen molar-refractivity contribution in [3.8, 4) is 11.4 Å². The number of benzene rings is 2. The highest BCUT2D eigenvalue weighted by atomic mass is 32.1. The second kappa shape index (κ2) is 10.0. The van der Waals surface area contributed by atoms with Crippen molar-refractivity contribution in [2.45, 2.75) is 53.6 Å². The molecule has 6 heteroatoms. The molecule has 0 radical (unpaired) electrons. The molecule has 37 heavy (non-hydrogen) atoms. The van der Waals surface area contributed by atoms with Gasteiger partial charge in [-0.2, -0.15) is 0 Å². The first-order valence-corrected chi connectivity index (χ1v) is 13.2. The fourth-order valence-corrected chi connectivity index (χ4v) is 6.12. The molecule has 0 aliphatic carbocycles. The first-order valence-electron chi connectivity index (χ1n) is 12.8. The summed E-state index contributed by atoms with van der Waals surface area (Å²) in [5.74, 6) is 0.852. The van der Waals surface area contributed by atoms with Crippen molar-refractivity contribution in [2.75, 3.05) is 11.5 Å². The predicted octanol–water partition coefficient (Wildman–Crippen LogP) is 6.99. The number of nitrogens with one attached hydrogen (secondary N) is 1. The summed E-state index contributed by atoms with van der Waals surface area (Å²) < 4.78 is 8.09. The van der Waals surface area contributed by atoms with Crippen LogP contribution in [0.2, 0.25) is 0 Å². The van der Waals surface area contributed by atoms with Gasteiger partial charge in [-0.25, -0.2) is 0 Å². The average Bonchev–Trinajstić information content (AvgIpc) is 3.36. The van der Waals surface area contributed by atoms with Gasteiger partial charge < -0.3 is 19.5 Å². The van der Waals surface area contributed by atoms with Gasteiger partial charge in [-0.05, 0) is 113 Å². The zero-order chi connectivity index (χ0) is 26.3. The lowest BCUT2D eigenvalue weighted by atomic mass is 9.96. The van der Waals surface area contributed by atoms with Crippen LogP contribution >= 0.6 is 12.2 Å². The van der Waals surface area contributed by atoms with E-state index in [-0.39, 0.29) is 12.1 Å². The Bertz CT molecular complexity index is 1420. The van der Waals surface area contributed by atoms with E-state index in [2.05, 4.69) is 85.8 Å². The highest BCUT2D eigenvalue weighted by molar-refractivity contribution is 7.80. The van der Waals surface area contributed by atoms with Crippen LogP contribution in [0.15, 0.2) is 66.9 Å². The number of nitrogens with zero attached hydrogens (tertiary/aromatic N) is 3. The number of hydrogen-bond donors (Lipinski definition) is 1. The van der Waals surface area contributed by atoms with E-state index < -0.39 is 0 Å². The maximum atomic E-state index is 5.94. The number of aryl methyl sites for hydroxylation is 4. The van der Waals surface area contributed by atoms with Crippen LogP contribution in [0.4, 0.5) is 5.69 Å². The van der Waals surface area contributed by atoms with Crippen molar-refractivity contribution >= 4 is 23.0 Å². The number of rotatable bonds is 6. The van der Waals surface area contributed by atoms with Crippen LogP contribution < -0.4 is 15.0 Å². The van der Waals surface area contributed by atoms with Crippen molar-refractivity contribution in [3.63, 3.8) is 0 Å². The van der Waals surface area contributed by atoms with E-state index in [0.717, 1.165) is 17.1 Å². The van der Waals surface area contributed by atoms with Crippen molar-refractivity contribution in [1.29, 1.82) is 0 Å². The normalized spacial score (nSPS) is 17.2. The molecule has 5 nitrogen and oxygen atoms in total. The topological polar surface area (TPSA) is 42.3 Å². The lowest BCUT2D eigenvalue weighted by Gasteiger charge is -2.28. The first-order chi connectivity index (χ1) is 17.8. The van der Waals surface area contributed by atoms with Gasteiger partial charge in [0.05, 0.1) is 30.1 Å². The summed E-state index contributed by atoms with van der Waals surface area (Å²) in [4.78, 5) is 6.94. The van der Waals surface area contributed by atoms with Gasteiger partial charge in [0.1, 0.15) is 5.75 Å². The van der Waals surface area contributed by atoms with E-state index >= 15 is 0 Å². The van der Waals surface area contributed by atoms with E-state index in [1.54, 1.807) is 0 Å². The van der Waals surface area contributed by atoms with Crippen LogP contribution in [0.25, 0.3) is 5.69 Å². The summed E-state index contributed by atoms with van der Waals surface area (Å²) in [5, 5.41) is 4.28. The molecule has 0 unspecified atom stereocenters. The summed E-state index contributed by atoms with van der Waals surface area (Å²) in [6.45, 7) is 13.6. The Morgan fingerprint density at radius 2 is 1.65 bits per heavy atom. The van der Waals surface area contributed by atoms with Crippen molar-refractivity contribution < 1.29 is 4.74 Å². The molecule has 190 valence electrons. The highest BCUT2D eigenvalue weighted by Gasteiger charge is 2.42. The number of aromatic nitrogens is 2. The van der Waals surface area contributed by atoms with Gasteiger partial charge in [-0.3, -0.25) is 4.98 Å². The summed E-state index contributed by atoms with van der Waals surface area (Å²) in [7, 11) is 0. The number of pyridine rings is 1. The maximum absolute atomic E-state index is 5.94. The molecule has 3 heterocycles. The minimum atomic E-state index is -0.0885. The maximum Gasteiger partial charge on any atom is 0.174 e. The molecule has 1 aliphatic heterocycles. The van der Waals surface area contributed by atoms with Crippen LogP contribution in [0.1, 0.15) is 58.3 Å². The molecule has 4 aromatic rings. The van der Waals surface area contributed by atoms with Crippen LogP contribution in [0, 0.1) is 34.6 Å². The Kier molecular flexibility index (Phi) is 6.78. The molecule has 2 aromatic heterocycles. The molecule has 1 saturated heterocycles. The minimum absolute atomic E-state index is 0.0636. The Morgan fingerprint density at radius 1 is 0.946 bits per heavy atom. The summed E-state index contributed by atoms with van der Waals surface area (Å²) in [6.07, 6.45) is 1.85. The van der Waals surface area contributed by atoms with Gasteiger partial charge in [0.15, 0.2) is 5.11 Å². The van der Waals surface area contributed by atoms with Gasteiger partial charge in [-0.1, -0.05) is 23.8 Å². The van der Waals surface area contributed by atoms with Crippen LogP contribution in [0.3, 0.4) is 0 Å². The molecular weight excluding hydrogens is 476 g/mol. The number of thiocarbonyl (C=S) groups is 1. The summed E-state index contributed by atoms with van der Waals surface area (Å²) in [6, 6.07) is 20.9. The van der Waals surface area contributed by atoms with Crippen LogP contribution in [-0.2, 0) is 0 Å². The van der Waals surface area contributed by atoms with E-state index in [1.807, 2.05) is 37.4 Å². The molecule has 0 saturated carbocycles. The predicted molar refractivity (Wildman–Crippen MR) is 155 cm³/mol. The third-order valence-electron chi connectivity index (χ3n) is 7.17. The van der Waals surface area contributed by atoms with Gasteiger partial charge >= 0.3 is 0 Å². The Hall–Kier alpha value is -3.64.